The van der Waals surface area contributed by atoms with Gasteiger partial charge in [-0.25, -0.2) is 4.98 Å². The zero-order chi connectivity index (χ0) is 19.2. The summed E-state index contributed by atoms with van der Waals surface area (Å²) in [5.41, 5.74) is 6.13. The number of aromatic nitrogens is 1. The van der Waals surface area contributed by atoms with Gasteiger partial charge in [0.2, 0.25) is 0 Å². The number of hydrogen-bond acceptors (Lipinski definition) is 4. The van der Waals surface area contributed by atoms with Gasteiger partial charge >= 0.3 is 0 Å². The van der Waals surface area contributed by atoms with Crippen molar-refractivity contribution in [1.29, 1.82) is 0 Å². The van der Waals surface area contributed by atoms with Gasteiger partial charge in [-0.15, -0.1) is 23.7 Å². The molecule has 6 rings (SSSR count). The molecule has 2 aromatic heterocycles. The van der Waals surface area contributed by atoms with Crippen molar-refractivity contribution in [2.75, 3.05) is 13.2 Å². The molecule has 0 N–H and O–H groups in total. The predicted octanol–water partition coefficient (Wildman–Crippen LogP) is 6.70. The maximum Gasteiger partial charge on any atom is 0.162 e. The quantitative estimate of drug-likeness (QED) is 0.351. The molecule has 5 heteroatoms. The Labute approximate surface area is 186 Å². The van der Waals surface area contributed by atoms with E-state index in [1.165, 1.54) is 52.6 Å². The fourth-order valence-corrected chi connectivity index (χ4v) is 5.74. The largest absolute Gasteiger partial charge is 0.486 e. The molecule has 0 saturated heterocycles. The van der Waals surface area contributed by atoms with Crippen molar-refractivity contribution in [3.8, 4) is 33.9 Å². The average Bonchev–Trinajstić information content (AvgIpc) is 3.17. The van der Waals surface area contributed by atoms with Crippen LogP contribution in [0.3, 0.4) is 0 Å². The fraction of sp³-hybridized carbons (Fsp3) is 0.240. The zero-order valence-electron chi connectivity index (χ0n) is 16.5. The summed E-state index contributed by atoms with van der Waals surface area (Å²) in [7, 11) is 0. The first-order chi connectivity index (χ1) is 14.4. The first kappa shape index (κ1) is 19.4. The van der Waals surface area contributed by atoms with Gasteiger partial charge in [0.1, 0.15) is 18.0 Å². The van der Waals surface area contributed by atoms with Crippen LogP contribution >= 0.6 is 23.7 Å². The van der Waals surface area contributed by atoms with Crippen molar-refractivity contribution in [2.24, 2.45) is 0 Å². The molecule has 1 aliphatic heterocycles. The number of halogens is 1. The Morgan fingerprint density at radius 3 is 2.47 bits per heavy atom. The van der Waals surface area contributed by atoms with E-state index in [1.54, 1.807) is 0 Å². The van der Waals surface area contributed by atoms with E-state index in [9.17, 15) is 0 Å². The molecule has 30 heavy (non-hydrogen) atoms. The van der Waals surface area contributed by atoms with E-state index in [2.05, 4.69) is 48.5 Å². The van der Waals surface area contributed by atoms with Crippen molar-refractivity contribution in [1.82, 2.24) is 4.98 Å². The molecular formula is C25H22ClNO2S. The van der Waals surface area contributed by atoms with Gasteiger partial charge in [-0.05, 0) is 66.6 Å². The third-order valence-corrected chi connectivity index (χ3v) is 7.03. The number of fused-ring (bicyclic) bond motifs is 4. The number of hydrogen-bond donors (Lipinski definition) is 0. The lowest BCUT2D eigenvalue weighted by Crippen LogP contribution is -2.15. The SMILES string of the molecule is Cl.c1ccc(-c2cc(-c3ccc4c(c3)OCCO4)nc3sc4c(c23)CCCC4)cc1. The molecule has 0 radical (unpaired) electrons. The van der Waals surface area contributed by atoms with Gasteiger partial charge in [-0.3, -0.25) is 0 Å². The van der Waals surface area contributed by atoms with E-state index < -0.39 is 0 Å². The van der Waals surface area contributed by atoms with Gasteiger partial charge in [0.15, 0.2) is 11.5 Å². The Kier molecular flexibility index (Phi) is 5.13. The topological polar surface area (TPSA) is 31.4 Å². The summed E-state index contributed by atoms with van der Waals surface area (Å²) in [5.74, 6) is 1.62. The van der Waals surface area contributed by atoms with E-state index in [-0.39, 0.29) is 12.4 Å². The Bertz CT molecular complexity index is 1220. The van der Waals surface area contributed by atoms with Crippen LogP contribution in [0.5, 0.6) is 11.5 Å². The maximum absolute atomic E-state index is 5.80. The predicted molar refractivity (Wildman–Crippen MR) is 125 cm³/mol. The number of benzene rings is 2. The highest BCUT2D eigenvalue weighted by molar-refractivity contribution is 7.19. The lowest BCUT2D eigenvalue weighted by atomic mass is 9.92. The van der Waals surface area contributed by atoms with Crippen LogP contribution < -0.4 is 9.47 Å². The molecule has 0 saturated carbocycles. The summed E-state index contributed by atoms with van der Waals surface area (Å²) >= 11 is 1.88. The molecule has 4 aromatic rings. The summed E-state index contributed by atoms with van der Waals surface area (Å²) in [6.45, 7) is 1.20. The van der Waals surface area contributed by atoms with Gasteiger partial charge in [0.25, 0.3) is 0 Å². The zero-order valence-corrected chi connectivity index (χ0v) is 18.2. The minimum atomic E-state index is 0. The Morgan fingerprint density at radius 2 is 1.60 bits per heavy atom. The summed E-state index contributed by atoms with van der Waals surface area (Å²) < 4.78 is 11.5. The van der Waals surface area contributed by atoms with Crippen molar-refractivity contribution in [3.05, 3.63) is 65.0 Å². The smallest absolute Gasteiger partial charge is 0.162 e. The van der Waals surface area contributed by atoms with E-state index in [0.717, 1.165) is 27.6 Å². The maximum atomic E-state index is 5.80. The molecule has 0 fully saturated rings. The van der Waals surface area contributed by atoms with Crippen LogP contribution in [-0.2, 0) is 12.8 Å². The Morgan fingerprint density at radius 1 is 0.800 bits per heavy atom. The first-order valence-corrected chi connectivity index (χ1v) is 11.1. The van der Waals surface area contributed by atoms with Crippen LogP contribution in [0.2, 0.25) is 0 Å². The average molecular weight is 436 g/mol. The van der Waals surface area contributed by atoms with Crippen molar-refractivity contribution >= 4 is 34.0 Å². The molecule has 3 nitrogen and oxygen atoms in total. The van der Waals surface area contributed by atoms with Gasteiger partial charge in [0, 0.05) is 15.8 Å². The van der Waals surface area contributed by atoms with E-state index in [4.69, 9.17) is 14.5 Å². The highest BCUT2D eigenvalue weighted by atomic mass is 35.5. The number of aryl methyl sites for hydroxylation is 2. The minimum absolute atomic E-state index is 0. The minimum Gasteiger partial charge on any atom is -0.486 e. The second-order valence-corrected chi connectivity index (χ2v) is 8.75. The van der Waals surface area contributed by atoms with E-state index in [0.29, 0.717) is 13.2 Å². The molecule has 2 aliphatic rings. The van der Waals surface area contributed by atoms with Crippen LogP contribution in [0.1, 0.15) is 23.3 Å². The highest BCUT2D eigenvalue weighted by Gasteiger charge is 2.22. The molecule has 152 valence electrons. The van der Waals surface area contributed by atoms with Crippen LogP contribution in [-0.4, -0.2) is 18.2 Å². The van der Waals surface area contributed by atoms with E-state index >= 15 is 0 Å². The second-order valence-electron chi connectivity index (χ2n) is 7.67. The summed E-state index contributed by atoms with van der Waals surface area (Å²) in [6.07, 6.45) is 4.91. The van der Waals surface area contributed by atoms with Gasteiger partial charge < -0.3 is 9.47 Å². The van der Waals surface area contributed by atoms with Crippen molar-refractivity contribution in [3.63, 3.8) is 0 Å². The summed E-state index contributed by atoms with van der Waals surface area (Å²) in [4.78, 5) is 7.79. The number of pyridine rings is 1. The van der Waals surface area contributed by atoms with Crippen LogP contribution in [0, 0.1) is 0 Å². The summed E-state index contributed by atoms with van der Waals surface area (Å²) in [5, 5.41) is 1.36. The molecule has 0 atom stereocenters. The molecule has 3 heterocycles. The molecule has 0 bridgehead atoms. The van der Waals surface area contributed by atoms with Gasteiger partial charge in [0.05, 0.1) is 5.69 Å². The second kappa shape index (κ2) is 7.93. The third-order valence-electron chi connectivity index (χ3n) is 5.85. The molecule has 0 unspecified atom stereocenters. The van der Waals surface area contributed by atoms with Gasteiger partial charge in [-0.1, -0.05) is 30.3 Å². The number of thiophene rings is 1. The molecule has 0 amide bonds. The first-order valence-electron chi connectivity index (χ1n) is 10.3. The number of nitrogens with zero attached hydrogens (tertiary/aromatic N) is 1. The number of rotatable bonds is 2. The van der Waals surface area contributed by atoms with Crippen molar-refractivity contribution < 1.29 is 9.47 Å². The molecule has 0 spiro atoms. The van der Waals surface area contributed by atoms with Crippen molar-refractivity contribution in [2.45, 2.75) is 25.7 Å². The Hall–Kier alpha value is -2.56. The van der Waals surface area contributed by atoms with Crippen LogP contribution in [0.25, 0.3) is 32.6 Å². The standard InChI is InChI=1S/C25H21NO2S.ClH/c1-2-6-16(7-3-1)19-15-20(17-10-11-21-22(14-17)28-13-12-27-21)26-25-24(19)18-8-4-5-9-23(18)29-25;/h1-3,6-7,10-11,14-15H,4-5,8-9,12-13H2;1H. The lowest BCUT2D eigenvalue weighted by Gasteiger charge is -2.19. The normalized spacial score (nSPS) is 14.8. The van der Waals surface area contributed by atoms with Crippen LogP contribution in [0.4, 0.5) is 0 Å². The van der Waals surface area contributed by atoms with E-state index in [1.807, 2.05) is 17.4 Å². The summed E-state index contributed by atoms with van der Waals surface area (Å²) in [6, 6.07) is 19.1. The van der Waals surface area contributed by atoms with Gasteiger partial charge in [-0.2, -0.15) is 0 Å². The molecule has 2 aromatic carbocycles. The molecular weight excluding hydrogens is 414 g/mol. The third kappa shape index (κ3) is 3.24. The fourth-order valence-electron chi connectivity index (χ4n) is 4.45. The van der Waals surface area contributed by atoms with Crippen LogP contribution in [0.15, 0.2) is 54.6 Å². The number of ether oxygens (including phenoxy) is 2. The molecule has 1 aliphatic carbocycles. The highest BCUT2D eigenvalue weighted by Crippen LogP contribution is 2.43. The Balaban J connectivity index is 0.00000193. The lowest BCUT2D eigenvalue weighted by molar-refractivity contribution is 0.171. The monoisotopic (exact) mass is 435 g/mol.